The van der Waals surface area contributed by atoms with Crippen LogP contribution in [0.15, 0.2) is 46.6 Å². The highest BCUT2D eigenvalue weighted by molar-refractivity contribution is 7.13. The molecule has 0 bridgehead atoms. The fraction of sp³-hybridized carbons (Fsp3) is 0.188. The fourth-order valence-corrected chi connectivity index (χ4v) is 3.08. The normalized spacial score (nSPS) is 16.2. The van der Waals surface area contributed by atoms with E-state index in [1.165, 1.54) is 4.88 Å². The number of benzene rings is 1. The van der Waals surface area contributed by atoms with Gasteiger partial charge in [0.05, 0.1) is 11.9 Å². The molecule has 1 aromatic carbocycles. The van der Waals surface area contributed by atoms with Gasteiger partial charge in [-0.05, 0) is 32.0 Å². The van der Waals surface area contributed by atoms with Gasteiger partial charge < -0.3 is 4.90 Å². The van der Waals surface area contributed by atoms with Crippen molar-refractivity contribution >= 4 is 34.9 Å². The number of hydrogen-bond acceptors (Lipinski definition) is 4. The maximum Gasteiger partial charge on any atom is 0.279 e. The Bertz CT molecular complexity index is 745. The Balaban J connectivity index is 1.93. The van der Waals surface area contributed by atoms with Crippen molar-refractivity contribution in [1.29, 1.82) is 0 Å². The number of carbonyl (C=O) groups is 1. The number of nitrogens with zero attached hydrogens (tertiary/aromatic N) is 3. The first-order valence-corrected chi connectivity index (χ1v) is 7.61. The maximum absolute atomic E-state index is 12.4. The molecule has 1 aromatic heterocycles. The molecule has 3 rings (SSSR count). The molecule has 106 valence electrons. The van der Waals surface area contributed by atoms with E-state index in [-0.39, 0.29) is 5.91 Å². The highest BCUT2D eigenvalue weighted by Crippen LogP contribution is 2.28. The van der Waals surface area contributed by atoms with E-state index < -0.39 is 0 Å². The smallest absolute Gasteiger partial charge is 0.279 e. The van der Waals surface area contributed by atoms with Gasteiger partial charge in [0, 0.05) is 21.9 Å². The first-order valence-electron chi connectivity index (χ1n) is 6.79. The summed E-state index contributed by atoms with van der Waals surface area (Å²) in [5.74, 6) is -0.0850. The molecule has 21 heavy (non-hydrogen) atoms. The van der Waals surface area contributed by atoms with Crippen molar-refractivity contribution in [1.82, 2.24) is 0 Å². The van der Waals surface area contributed by atoms with Crippen LogP contribution < -0.4 is 4.90 Å². The standard InChI is InChI=1S/C16H15N3OS/c1-3-19-14-7-5-4-6-13(14)15(16(19)20)18-17-10-12-9-8-11(2)21-12/h4-10H,3H2,1-2H3/b17-10-,18-15+. The average molecular weight is 297 g/mol. The second kappa shape index (κ2) is 5.61. The molecule has 0 saturated heterocycles. The highest BCUT2D eigenvalue weighted by Gasteiger charge is 2.32. The summed E-state index contributed by atoms with van der Waals surface area (Å²) in [6.45, 7) is 4.63. The van der Waals surface area contributed by atoms with Gasteiger partial charge in [-0.25, -0.2) is 0 Å². The van der Waals surface area contributed by atoms with Gasteiger partial charge in [-0.3, -0.25) is 4.79 Å². The quantitative estimate of drug-likeness (QED) is 0.633. The van der Waals surface area contributed by atoms with Gasteiger partial charge in [0.25, 0.3) is 5.91 Å². The summed E-state index contributed by atoms with van der Waals surface area (Å²) < 4.78 is 0. The molecule has 0 spiro atoms. The molecule has 0 unspecified atom stereocenters. The number of fused-ring (bicyclic) bond motifs is 1. The molecule has 4 nitrogen and oxygen atoms in total. The van der Waals surface area contributed by atoms with Crippen molar-refractivity contribution in [2.24, 2.45) is 10.2 Å². The summed E-state index contributed by atoms with van der Waals surface area (Å²) in [4.78, 5) is 16.3. The lowest BCUT2D eigenvalue weighted by Crippen LogP contribution is -2.29. The molecule has 1 aliphatic heterocycles. The lowest BCUT2D eigenvalue weighted by Gasteiger charge is -2.12. The predicted octanol–water partition coefficient (Wildman–Crippen LogP) is 3.25. The van der Waals surface area contributed by atoms with Crippen LogP contribution in [-0.4, -0.2) is 24.4 Å². The van der Waals surface area contributed by atoms with Crippen LogP contribution in [0.25, 0.3) is 0 Å². The van der Waals surface area contributed by atoms with E-state index in [4.69, 9.17) is 0 Å². The Kier molecular flexibility index (Phi) is 3.66. The number of hydrogen-bond donors (Lipinski definition) is 0. The monoisotopic (exact) mass is 297 g/mol. The third kappa shape index (κ3) is 2.52. The van der Waals surface area contributed by atoms with Crippen molar-refractivity contribution in [3.05, 3.63) is 51.7 Å². The second-order valence-corrected chi connectivity index (χ2v) is 6.03. The molecule has 2 aromatic rings. The van der Waals surface area contributed by atoms with E-state index in [1.807, 2.05) is 50.2 Å². The van der Waals surface area contributed by atoms with Gasteiger partial charge in [0.15, 0.2) is 5.71 Å². The first kappa shape index (κ1) is 13.7. The number of carbonyl (C=O) groups excluding carboxylic acids is 1. The fourth-order valence-electron chi connectivity index (χ4n) is 2.34. The van der Waals surface area contributed by atoms with Gasteiger partial charge >= 0.3 is 0 Å². The Morgan fingerprint density at radius 1 is 1.24 bits per heavy atom. The number of likely N-dealkylation sites (N-methyl/N-ethyl adjacent to an activating group) is 1. The third-order valence-corrected chi connectivity index (χ3v) is 4.25. The minimum atomic E-state index is -0.0850. The Labute approximate surface area is 127 Å². The molecule has 5 heteroatoms. The van der Waals surface area contributed by atoms with E-state index >= 15 is 0 Å². The zero-order valence-corrected chi connectivity index (χ0v) is 12.7. The van der Waals surface area contributed by atoms with Crippen molar-refractivity contribution in [3.63, 3.8) is 0 Å². The maximum atomic E-state index is 12.4. The Hall–Kier alpha value is -2.27. The minimum Gasteiger partial charge on any atom is -0.307 e. The summed E-state index contributed by atoms with van der Waals surface area (Å²) in [5, 5.41) is 8.23. The summed E-state index contributed by atoms with van der Waals surface area (Å²) >= 11 is 1.65. The van der Waals surface area contributed by atoms with Crippen LogP contribution in [-0.2, 0) is 4.79 Å². The zero-order valence-electron chi connectivity index (χ0n) is 11.9. The van der Waals surface area contributed by atoms with E-state index in [1.54, 1.807) is 22.5 Å². The van der Waals surface area contributed by atoms with E-state index in [0.29, 0.717) is 12.3 Å². The number of amides is 1. The number of aryl methyl sites for hydroxylation is 1. The summed E-state index contributed by atoms with van der Waals surface area (Å²) in [6.07, 6.45) is 1.69. The summed E-state index contributed by atoms with van der Waals surface area (Å²) in [6, 6.07) is 11.7. The molecule has 1 amide bonds. The molecule has 1 aliphatic rings. The first-order chi connectivity index (χ1) is 10.2. The lowest BCUT2D eigenvalue weighted by molar-refractivity contribution is -0.112. The largest absolute Gasteiger partial charge is 0.307 e. The predicted molar refractivity (Wildman–Crippen MR) is 87.7 cm³/mol. The molecule has 0 saturated carbocycles. The van der Waals surface area contributed by atoms with Crippen LogP contribution in [0.1, 0.15) is 22.2 Å². The van der Waals surface area contributed by atoms with Crippen LogP contribution in [0.4, 0.5) is 5.69 Å². The summed E-state index contributed by atoms with van der Waals surface area (Å²) in [7, 11) is 0. The average Bonchev–Trinajstić information content (AvgIpc) is 3.01. The number of anilines is 1. The minimum absolute atomic E-state index is 0.0850. The van der Waals surface area contributed by atoms with Crippen molar-refractivity contribution < 1.29 is 4.79 Å². The lowest BCUT2D eigenvalue weighted by atomic mass is 10.1. The summed E-state index contributed by atoms with van der Waals surface area (Å²) in [5.41, 5.74) is 2.17. The van der Waals surface area contributed by atoms with E-state index in [2.05, 4.69) is 10.2 Å². The Morgan fingerprint density at radius 3 is 2.76 bits per heavy atom. The van der Waals surface area contributed by atoms with E-state index in [9.17, 15) is 4.79 Å². The zero-order chi connectivity index (χ0) is 14.8. The van der Waals surface area contributed by atoms with Crippen LogP contribution >= 0.6 is 11.3 Å². The van der Waals surface area contributed by atoms with Crippen LogP contribution in [0.5, 0.6) is 0 Å². The van der Waals surface area contributed by atoms with Gasteiger partial charge in [-0.15, -0.1) is 16.4 Å². The molecule has 0 radical (unpaired) electrons. The molecule has 0 N–H and O–H groups in total. The highest BCUT2D eigenvalue weighted by atomic mass is 32.1. The van der Waals surface area contributed by atoms with E-state index in [0.717, 1.165) is 16.1 Å². The van der Waals surface area contributed by atoms with Crippen LogP contribution in [0.3, 0.4) is 0 Å². The number of para-hydroxylation sites is 1. The molecular weight excluding hydrogens is 282 g/mol. The van der Waals surface area contributed by atoms with Crippen molar-refractivity contribution in [2.75, 3.05) is 11.4 Å². The van der Waals surface area contributed by atoms with Gasteiger partial charge in [-0.1, -0.05) is 18.2 Å². The molecule has 0 atom stereocenters. The SMILES string of the molecule is CCN1C(=O)/C(=N/N=C\c2ccc(C)s2)c2ccccc21. The van der Waals surface area contributed by atoms with Gasteiger partial charge in [0.2, 0.25) is 0 Å². The van der Waals surface area contributed by atoms with Crippen LogP contribution in [0, 0.1) is 6.92 Å². The van der Waals surface area contributed by atoms with Crippen molar-refractivity contribution in [2.45, 2.75) is 13.8 Å². The number of thiophene rings is 1. The molecule has 2 heterocycles. The van der Waals surface area contributed by atoms with Gasteiger partial charge in [-0.2, -0.15) is 5.10 Å². The van der Waals surface area contributed by atoms with Crippen LogP contribution in [0.2, 0.25) is 0 Å². The topological polar surface area (TPSA) is 45.0 Å². The molecular formula is C16H15N3OS. The third-order valence-electron chi connectivity index (χ3n) is 3.32. The molecule has 0 fully saturated rings. The van der Waals surface area contributed by atoms with Gasteiger partial charge in [0.1, 0.15) is 0 Å². The Morgan fingerprint density at radius 2 is 2.05 bits per heavy atom. The van der Waals surface area contributed by atoms with Crippen molar-refractivity contribution in [3.8, 4) is 0 Å². The number of rotatable bonds is 3. The molecule has 0 aliphatic carbocycles. The second-order valence-electron chi connectivity index (χ2n) is 4.71.